The Kier molecular flexibility index (Phi) is 7.53. The maximum atomic E-state index is 11.9. The lowest BCUT2D eigenvalue weighted by atomic mass is 10.1. The average Bonchev–Trinajstić information content (AvgIpc) is 2.61. The fraction of sp³-hybridized carbons (Fsp3) is 0.625. The van der Waals surface area contributed by atoms with Gasteiger partial charge in [-0.2, -0.15) is 0 Å². The molecule has 2 saturated heterocycles. The molecule has 2 fully saturated rings. The normalized spacial score (nSPS) is 18.0. The average molecular weight is 377 g/mol. The first-order chi connectivity index (χ1) is 12.3. The smallest absolute Gasteiger partial charge is 0.418 e. The van der Waals surface area contributed by atoms with E-state index in [0.29, 0.717) is 0 Å². The van der Waals surface area contributed by atoms with Crippen LogP contribution in [0.4, 0.5) is 21.8 Å². The van der Waals surface area contributed by atoms with Crippen LogP contribution in [0.2, 0.25) is 0 Å². The molecule has 1 aromatic heterocycles. The molecule has 3 rings (SSSR count). The van der Waals surface area contributed by atoms with Gasteiger partial charge in [0.25, 0.3) is 0 Å². The second kappa shape index (κ2) is 9.63. The van der Waals surface area contributed by atoms with Crippen LogP contribution in [0.1, 0.15) is 38.5 Å². The minimum Gasteiger partial charge on any atom is -0.418 e. The molecule has 2 amide bonds. The molecule has 1 aromatic rings. The van der Waals surface area contributed by atoms with Gasteiger partial charge in [0.1, 0.15) is 6.20 Å². The Morgan fingerprint density at radius 3 is 1.73 bits per heavy atom. The van der Waals surface area contributed by atoms with Crippen molar-refractivity contribution < 1.29 is 21.8 Å². The van der Waals surface area contributed by atoms with Crippen molar-refractivity contribution in [2.45, 2.75) is 38.5 Å². The third-order valence-electron chi connectivity index (χ3n) is 4.22. The van der Waals surface area contributed by atoms with Gasteiger partial charge in [-0.3, -0.25) is 14.6 Å². The third-order valence-corrected chi connectivity index (χ3v) is 4.22. The highest BCUT2D eigenvalue weighted by Crippen LogP contribution is 2.17. The van der Waals surface area contributed by atoms with Crippen LogP contribution in [0, 0.1) is 0 Å². The Labute approximate surface area is 150 Å². The maximum Gasteiger partial charge on any atom is 0.673 e. The van der Waals surface area contributed by atoms with Gasteiger partial charge >= 0.3 is 18.8 Å². The summed E-state index contributed by atoms with van der Waals surface area (Å²) in [6, 6.07) is 5.96. The van der Waals surface area contributed by atoms with Gasteiger partial charge in [0.2, 0.25) is 0 Å². The standard InChI is InChI=1S/C16H24N3O2.BF4/c20-15-9-3-8-14-19(15)21-16(17-10-4-1-5-11-17)18-12-6-2-7-13-18;2-1(3,4)5/h3,8-9,14H,1-2,4-7,10-13H2;/q+1;-1. The van der Waals surface area contributed by atoms with E-state index < -0.39 is 7.25 Å². The molecular formula is C16H24BF4N3O2. The molecule has 0 saturated carbocycles. The molecule has 0 unspecified atom stereocenters. The van der Waals surface area contributed by atoms with Gasteiger partial charge in [0.15, 0.2) is 0 Å². The second-order valence-electron chi connectivity index (χ2n) is 6.33. The lowest BCUT2D eigenvalue weighted by Crippen LogP contribution is -2.48. The summed E-state index contributed by atoms with van der Waals surface area (Å²) in [4.78, 5) is 16.5. The summed E-state index contributed by atoms with van der Waals surface area (Å²) in [5.74, 6) is 0. The topological polar surface area (TPSA) is 39.8 Å². The molecule has 5 nitrogen and oxygen atoms in total. The Hall–Kier alpha value is -2.00. The number of aromatic nitrogens is 1. The van der Waals surface area contributed by atoms with Crippen LogP contribution in [-0.4, -0.2) is 54.0 Å². The molecule has 3 heterocycles. The predicted molar refractivity (Wildman–Crippen MR) is 92.5 cm³/mol. The van der Waals surface area contributed by atoms with Crippen LogP contribution in [0.15, 0.2) is 29.2 Å². The summed E-state index contributed by atoms with van der Waals surface area (Å²) in [7, 11) is -6.00. The van der Waals surface area contributed by atoms with Crippen molar-refractivity contribution in [3.05, 3.63) is 34.7 Å². The first-order valence-corrected chi connectivity index (χ1v) is 8.95. The van der Waals surface area contributed by atoms with Crippen LogP contribution in [0.25, 0.3) is 0 Å². The van der Waals surface area contributed by atoms with Gasteiger partial charge in [-0.25, -0.2) is 0 Å². The van der Waals surface area contributed by atoms with Crippen LogP contribution in [0.3, 0.4) is 0 Å². The molecule has 0 atom stereocenters. The van der Waals surface area contributed by atoms with Crippen molar-refractivity contribution in [2.75, 3.05) is 26.2 Å². The predicted octanol–water partition coefficient (Wildman–Crippen LogP) is 3.54. The number of urea groups is 1. The van der Waals surface area contributed by atoms with Crippen molar-refractivity contribution in [1.29, 1.82) is 0 Å². The van der Waals surface area contributed by atoms with Crippen molar-refractivity contribution in [1.82, 2.24) is 14.5 Å². The summed E-state index contributed by atoms with van der Waals surface area (Å²) in [5.41, 5.74) is -0.121. The SMILES string of the molecule is F[B-](F)(F)F.O=c1ccccn1[O+]=C(N1CCCCC1)N1CCCCC1. The van der Waals surface area contributed by atoms with Gasteiger partial charge in [-0.1, -0.05) is 6.07 Å². The number of pyridine rings is 1. The molecule has 2 aliphatic heterocycles. The van der Waals surface area contributed by atoms with Gasteiger partial charge in [0.05, 0.1) is 4.73 Å². The Bertz CT molecular complexity index is 613. The monoisotopic (exact) mass is 377 g/mol. The number of hydrogen-bond donors (Lipinski definition) is 0. The minimum atomic E-state index is -6.00. The first-order valence-electron chi connectivity index (χ1n) is 8.95. The van der Waals surface area contributed by atoms with Crippen molar-refractivity contribution in [3.8, 4) is 0 Å². The zero-order valence-electron chi connectivity index (χ0n) is 14.6. The summed E-state index contributed by atoms with van der Waals surface area (Å²) >= 11 is 0. The number of halogens is 4. The number of piperidine rings is 2. The Morgan fingerprint density at radius 2 is 1.31 bits per heavy atom. The molecule has 0 radical (unpaired) electrons. The van der Waals surface area contributed by atoms with Gasteiger partial charge < -0.3 is 17.3 Å². The summed E-state index contributed by atoms with van der Waals surface area (Å²) in [5, 5.41) is 0. The van der Waals surface area contributed by atoms with Gasteiger partial charge in [-0.05, 0) is 49.1 Å². The van der Waals surface area contributed by atoms with Gasteiger partial charge in [0, 0.05) is 32.2 Å². The van der Waals surface area contributed by atoms with Gasteiger partial charge in [-0.15, -0.1) is 0 Å². The van der Waals surface area contributed by atoms with E-state index in [1.54, 1.807) is 12.3 Å². The first kappa shape index (κ1) is 20.3. The summed E-state index contributed by atoms with van der Waals surface area (Å²) in [6.45, 7) is 4.08. The van der Waals surface area contributed by atoms with Crippen LogP contribution in [0.5, 0.6) is 0 Å². The Balaban J connectivity index is 0.000000431. The number of likely N-dealkylation sites (tertiary alicyclic amines) is 2. The van der Waals surface area contributed by atoms with Crippen LogP contribution in [-0.2, 0) is 0 Å². The summed E-state index contributed by atoms with van der Waals surface area (Å²) < 4.78 is 46.3. The van der Waals surface area contributed by atoms with E-state index in [1.165, 1.54) is 49.3 Å². The van der Waals surface area contributed by atoms with E-state index in [0.717, 1.165) is 32.2 Å². The minimum absolute atomic E-state index is 0.121. The highest BCUT2D eigenvalue weighted by molar-refractivity contribution is 6.50. The lowest BCUT2D eigenvalue weighted by Gasteiger charge is -2.30. The van der Waals surface area contributed by atoms with Crippen molar-refractivity contribution in [3.63, 3.8) is 0 Å². The number of nitrogens with zero attached hydrogens (tertiary/aromatic N) is 3. The molecule has 26 heavy (non-hydrogen) atoms. The molecular weight excluding hydrogens is 353 g/mol. The molecule has 2 aliphatic rings. The molecule has 0 bridgehead atoms. The van der Waals surface area contributed by atoms with E-state index >= 15 is 0 Å². The number of rotatable bonds is 1. The lowest BCUT2D eigenvalue weighted by molar-refractivity contribution is -0.240. The van der Waals surface area contributed by atoms with E-state index in [-0.39, 0.29) is 5.56 Å². The van der Waals surface area contributed by atoms with Crippen molar-refractivity contribution in [2.24, 2.45) is 0 Å². The quantitative estimate of drug-likeness (QED) is 0.419. The largest absolute Gasteiger partial charge is 0.673 e. The highest BCUT2D eigenvalue weighted by atomic mass is 19.5. The van der Waals surface area contributed by atoms with E-state index in [2.05, 4.69) is 9.80 Å². The van der Waals surface area contributed by atoms with E-state index in [1.807, 2.05) is 6.07 Å². The fourth-order valence-electron chi connectivity index (χ4n) is 3.06. The van der Waals surface area contributed by atoms with E-state index in [9.17, 15) is 22.1 Å². The van der Waals surface area contributed by atoms with Crippen LogP contribution >= 0.6 is 0 Å². The fourth-order valence-corrected chi connectivity index (χ4v) is 3.06. The second-order valence-corrected chi connectivity index (χ2v) is 6.33. The number of amides is 2. The van der Waals surface area contributed by atoms with E-state index in [4.69, 9.17) is 4.53 Å². The number of hydrogen-bond acceptors (Lipinski definition) is 1. The zero-order chi connectivity index (χ0) is 19.0. The highest BCUT2D eigenvalue weighted by Gasteiger charge is 2.33. The number of carbonyl (C=O) groups excluding carboxylic acids is 1. The molecule has 0 aliphatic carbocycles. The zero-order valence-corrected chi connectivity index (χ0v) is 14.6. The molecule has 0 spiro atoms. The Morgan fingerprint density at radius 1 is 0.846 bits per heavy atom. The third kappa shape index (κ3) is 7.09. The molecule has 10 heteroatoms. The van der Waals surface area contributed by atoms with Crippen molar-refractivity contribution >= 4 is 13.3 Å². The molecule has 0 N–H and O–H groups in total. The molecule has 146 valence electrons. The summed E-state index contributed by atoms with van der Waals surface area (Å²) in [6.07, 6.45) is 9.06. The van der Waals surface area contributed by atoms with Crippen LogP contribution < -0.4 is 5.56 Å². The molecule has 0 aromatic carbocycles. The maximum absolute atomic E-state index is 11.9.